The molecule has 0 unspecified atom stereocenters. The Bertz CT molecular complexity index is 119. The number of ether oxygens (including phenoxy) is 1. The van der Waals surface area contributed by atoms with Gasteiger partial charge in [-0.3, -0.25) is 0 Å². The van der Waals surface area contributed by atoms with E-state index in [4.69, 9.17) is 10.00 Å². The first-order valence-electron chi connectivity index (χ1n) is 3.01. The fraction of sp³-hybridized carbons (Fsp3) is 0.667. The molecule has 0 spiro atoms. The van der Waals surface area contributed by atoms with Crippen LogP contribution in [-0.2, 0) is 9.53 Å². The highest BCUT2D eigenvalue weighted by Crippen LogP contribution is 1.67. The Kier molecular flexibility index (Phi) is 7.34. The Morgan fingerprint density at radius 2 is 2.50 bits per heavy atom. The predicted molar refractivity (Wildman–Crippen MR) is 35.4 cm³/mol. The lowest BCUT2D eigenvalue weighted by Crippen LogP contribution is -2.20. The zero-order valence-electron chi connectivity index (χ0n) is 5.67. The third kappa shape index (κ3) is 7.08. The van der Waals surface area contributed by atoms with Crippen LogP contribution in [-0.4, -0.2) is 32.6 Å². The average molecular weight is 142 g/mol. The second-order valence-corrected chi connectivity index (χ2v) is 1.58. The van der Waals surface area contributed by atoms with Gasteiger partial charge in [0.2, 0.25) is 0 Å². The Hall–Kier alpha value is -0.920. The maximum Gasteiger partial charge on any atom is 0.145 e. The van der Waals surface area contributed by atoms with Gasteiger partial charge in [0, 0.05) is 6.54 Å². The van der Waals surface area contributed by atoms with Gasteiger partial charge in [-0.25, -0.2) is 0 Å². The van der Waals surface area contributed by atoms with E-state index in [0.717, 1.165) is 0 Å². The number of carbonyl (C=O) groups is 1. The number of nitrogens with zero attached hydrogens (tertiary/aromatic N) is 1. The topological polar surface area (TPSA) is 62.1 Å². The van der Waals surface area contributed by atoms with Crippen molar-refractivity contribution in [1.82, 2.24) is 5.32 Å². The molecule has 0 aromatic rings. The van der Waals surface area contributed by atoms with Crippen molar-refractivity contribution in [3.63, 3.8) is 0 Å². The minimum absolute atomic E-state index is 0.133. The summed E-state index contributed by atoms with van der Waals surface area (Å²) in [5.74, 6) is 0. The van der Waals surface area contributed by atoms with Crippen molar-refractivity contribution in [3.8, 4) is 6.07 Å². The molecule has 10 heavy (non-hydrogen) atoms. The summed E-state index contributed by atoms with van der Waals surface area (Å²) in [6, 6.07) is 1.92. The molecule has 0 aliphatic rings. The fourth-order valence-corrected chi connectivity index (χ4v) is 0.420. The molecule has 0 atom stereocenters. The largest absolute Gasteiger partial charge is 0.373 e. The minimum Gasteiger partial charge on any atom is -0.373 e. The third-order valence-corrected chi connectivity index (χ3v) is 0.813. The smallest absolute Gasteiger partial charge is 0.145 e. The van der Waals surface area contributed by atoms with Crippen LogP contribution in [0.15, 0.2) is 0 Å². The second kappa shape index (κ2) is 8.08. The lowest BCUT2D eigenvalue weighted by molar-refractivity contribution is -0.111. The SMILES string of the molecule is N#CCNCCOCC=O. The summed E-state index contributed by atoms with van der Waals surface area (Å²) >= 11 is 0. The van der Waals surface area contributed by atoms with Crippen LogP contribution < -0.4 is 5.32 Å². The van der Waals surface area contributed by atoms with Crippen molar-refractivity contribution in [2.45, 2.75) is 0 Å². The van der Waals surface area contributed by atoms with E-state index in [1.54, 1.807) is 0 Å². The van der Waals surface area contributed by atoms with E-state index in [0.29, 0.717) is 26.0 Å². The first kappa shape index (κ1) is 9.08. The van der Waals surface area contributed by atoms with Crippen LogP contribution in [0.1, 0.15) is 0 Å². The maximum absolute atomic E-state index is 9.70. The number of hydrogen-bond donors (Lipinski definition) is 1. The molecule has 4 heteroatoms. The normalized spacial score (nSPS) is 8.70. The van der Waals surface area contributed by atoms with E-state index in [2.05, 4.69) is 5.32 Å². The van der Waals surface area contributed by atoms with Crippen LogP contribution in [0.4, 0.5) is 0 Å². The van der Waals surface area contributed by atoms with E-state index < -0.39 is 0 Å². The lowest BCUT2D eigenvalue weighted by atomic mass is 10.6. The molecule has 0 aliphatic carbocycles. The third-order valence-electron chi connectivity index (χ3n) is 0.813. The Morgan fingerprint density at radius 1 is 1.70 bits per heavy atom. The van der Waals surface area contributed by atoms with Gasteiger partial charge in [0.25, 0.3) is 0 Å². The summed E-state index contributed by atoms with van der Waals surface area (Å²) < 4.78 is 4.79. The van der Waals surface area contributed by atoms with Gasteiger partial charge >= 0.3 is 0 Å². The first-order valence-corrected chi connectivity index (χ1v) is 3.01. The van der Waals surface area contributed by atoms with Crippen LogP contribution in [0, 0.1) is 11.3 Å². The van der Waals surface area contributed by atoms with Gasteiger partial charge in [-0.2, -0.15) is 5.26 Å². The molecule has 0 fully saturated rings. The van der Waals surface area contributed by atoms with Crippen molar-refractivity contribution in [2.24, 2.45) is 0 Å². The van der Waals surface area contributed by atoms with Crippen molar-refractivity contribution < 1.29 is 9.53 Å². The quantitative estimate of drug-likeness (QED) is 0.303. The molecule has 0 aliphatic heterocycles. The first-order chi connectivity index (χ1) is 4.91. The van der Waals surface area contributed by atoms with Gasteiger partial charge < -0.3 is 14.8 Å². The number of rotatable bonds is 6. The van der Waals surface area contributed by atoms with Gasteiger partial charge in [0.05, 0.1) is 19.2 Å². The summed E-state index contributed by atoms with van der Waals surface area (Å²) in [5, 5.41) is 10.9. The molecule has 56 valence electrons. The zero-order chi connectivity index (χ0) is 7.66. The summed E-state index contributed by atoms with van der Waals surface area (Å²) in [6.07, 6.45) is 0.699. The molecular weight excluding hydrogens is 132 g/mol. The van der Waals surface area contributed by atoms with Gasteiger partial charge in [-0.1, -0.05) is 0 Å². The molecule has 0 aromatic carbocycles. The van der Waals surface area contributed by atoms with E-state index in [9.17, 15) is 4.79 Å². The lowest BCUT2D eigenvalue weighted by Gasteiger charge is -1.98. The molecular formula is C6H10N2O2. The van der Waals surface area contributed by atoms with Crippen molar-refractivity contribution in [2.75, 3.05) is 26.3 Å². The van der Waals surface area contributed by atoms with Crippen LogP contribution in [0.3, 0.4) is 0 Å². The molecule has 0 aromatic heterocycles. The van der Waals surface area contributed by atoms with Crippen molar-refractivity contribution in [3.05, 3.63) is 0 Å². The van der Waals surface area contributed by atoms with E-state index >= 15 is 0 Å². The average Bonchev–Trinajstić information content (AvgIpc) is 1.97. The number of aldehydes is 1. The van der Waals surface area contributed by atoms with Crippen LogP contribution in [0.2, 0.25) is 0 Å². The summed E-state index contributed by atoms with van der Waals surface area (Å²) in [5.41, 5.74) is 0. The summed E-state index contributed by atoms with van der Waals surface area (Å²) in [7, 11) is 0. The molecule has 4 nitrogen and oxygen atoms in total. The molecule has 0 amide bonds. The molecule has 0 heterocycles. The van der Waals surface area contributed by atoms with E-state index in [1.165, 1.54) is 0 Å². The van der Waals surface area contributed by atoms with Gasteiger partial charge in [0.15, 0.2) is 0 Å². The summed E-state index contributed by atoms with van der Waals surface area (Å²) in [6.45, 7) is 1.54. The minimum atomic E-state index is 0.133. The monoisotopic (exact) mass is 142 g/mol. The molecule has 1 N–H and O–H groups in total. The molecule has 0 rings (SSSR count). The van der Waals surface area contributed by atoms with E-state index in [-0.39, 0.29) is 6.61 Å². The van der Waals surface area contributed by atoms with Crippen LogP contribution in [0.25, 0.3) is 0 Å². The van der Waals surface area contributed by atoms with Gasteiger partial charge in [-0.15, -0.1) is 0 Å². The highest BCUT2D eigenvalue weighted by atomic mass is 16.5. The maximum atomic E-state index is 9.70. The Balaban J connectivity index is 2.78. The summed E-state index contributed by atoms with van der Waals surface area (Å²) in [4.78, 5) is 9.70. The number of nitrogens with one attached hydrogen (secondary N) is 1. The number of carbonyl (C=O) groups excluding carboxylic acids is 1. The molecule has 0 radical (unpaired) electrons. The van der Waals surface area contributed by atoms with Crippen LogP contribution in [0.5, 0.6) is 0 Å². The molecule has 0 saturated carbocycles. The number of hydrogen-bond acceptors (Lipinski definition) is 4. The highest BCUT2D eigenvalue weighted by Gasteiger charge is 1.84. The second-order valence-electron chi connectivity index (χ2n) is 1.58. The van der Waals surface area contributed by atoms with Crippen molar-refractivity contribution >= 4 is 6.29 Å². The Morgan fingerprint density at radius 3 is 3.10 bits per heavy atom. The standard InChI is InChI=1S/C6H10N2O2/c7-1-2-8-3-5-10-6-4-9/h4,8H,2-3,5-6H2. The highest BCUT2D eigenvalue weighted by molar-refractivity contribution is 5.50. The number of nitriles is 1. The molecule has 0 bridgehead atoms. The van der Waals surface area contributed by atoms with Crippen LogP contribution >= 0.6 is 0 Å². The predicted octanol–water partition coefficient (Wildman–Crippen LogP) is -0.685. The van der Waals surface area contributed by atoms with Crippen molar-refractivity contribution in [1.29, 1.82) is 5.26 Å². The van der Waals surface area contributed by atoms with Gasteiger partial charge in [-0.05, 0) is 0 Å². The molecule has 0 saturated heterocycles. The van der Waals surface area contributed by atoms with E-state index in [1.807, 2.05) is 6.07 Å². The fourth-order valence-electron chi connectivity index (χ4n) is 0.420. The Labute approximate surface area is 59.8 Å². The van der Waals surface area contributed by atoms with Gasteiger partial charge in [0.1, 0.15) is 12.9 Å². The zero-order valence-corrected chi connectivity index (χ0v) is 5.67.